The van der Waals surface area contributed by atoms with Crippen molar-refractivity contribution in [3.63, 3.8) is 0 Å². The van der Waals surface area contributed by atoms with Gasteiger partial charge in [-0.2, -0.15) is 18.3 Å². The van der Waals surface area contributed by atoms with Crippen molar-refractivity contribution in [3.8, 4) is 5.69 Å². The Labute approximate surface area is 113 Å². The van der Waals surface area contributed by atoms with Gasteiger partial charge in [-0.3, -0.25) is 0 Å². The minimum absolute atomic E-state index is 0.258. The smallest absolute Gasteiger partial charge is 0.313 e. The van der Waals surface area contributed by atoms with Gasteiger partial charge in [0.25, 0.3) is 0 Å². The molecular formula is C13H13F4N3. The van der Waals surface area contributed by atoms with Crippen molar-refractivity contribution in [2.45, 2.75) is 19.6 Å². The lowest BCUT2D eigenvalue weighted by molar-refractivity contribution is -0.137. The highest BCUT2D eigenvalue weighted by atomic mass is 19.4. The fraction of sp³-hybridized carbons (Fsp3) is 0.308. The quantitative estimate of drug-likeness (QED) is 0.876. The van der Waals surface area contributed by atoms with E-state index in [2.05, 4.69) is 10.4 Å². The maximum absolute atomic E-state index is 13.5. The number of alkyl halides is 3. The molecule has 2 rings (SSSR count). The predicted molar refractivity (Wildman–Crippen MR) is 65.9 cm³/mol. The van der Waals surface area contributed by atoms with Gasteiger partial charge in [0.05, 0.1) is 17.4 Å². The molecule has 1 N–H and O–H groups in total. The summed E-state index contributed by atoms with van der Waals surface area (Å²) in [5.41, 5.74) is 0.0364. The maximum atomic E-state index is 13.5. The van der Waals surface area contributed by atoms with Crippen LogP contribution in [0.2, 0.25) is 0 Å². The normalized spacial score (nSPS) is 11.8. The van der Waals surface area contributed by atoms with E-state index in [0.29, 0.717) is 18.7 Å². The third-order valence-corrected chi connectivity index (χ3v) is 2.70. The van der Waals surface area contributed by atoms with E-state index in [1.807, 2.05) is 6.92 Å². The lowest BCUT2D eigenvalue weighted by Crippen LogP contribution is -2.12. The van der Waals surface area contributed by atoms with Crippen LogP contribution in [-0.2, 0) is 12.7 Å². The maximum Gasteiger partial charge on any atom is 0.419 e. The number of benzene rings is 1. The first-order valence-electron chi connectivity index (χ1n) is 6.02. The molecule has 3 nitrogen and oxygen atoms in total. The molecule has 0 aliphatic heterocycles. The standard InChI is InChI=1S/C13H13F4N3/c1-2-18-6-9-3-11(14)5-12(4-9)20-8-10(7-19-20)13(15,16)17/h3-5,7-8,18H,2,6H2,1H3. The largest absolute Gasteiger partial charge is 0.419 e. The lowest BCUT2D eigenvalue weighted by Gasteiger charge is -2.07. The van der Waals surface area contributed by atoms with Gasteiger partial charge in [-0.1, -0.05) is 6.92 Å². The predicted octanol–water partition coefficient (Wildman–Crippen LogP) is 3.14. The van der Waals surface area contributed by atoms with Crippen molar-refractivity contribution in [1.82, 2.24) is 15.1 Å². The zero-order valence-corrected chi connectivity index (χ0v) is 10.7. The minimum atomic E-state index is -4.46. The van der Waals surface area contributed by atoms with E-state index in [1.54, 1.807) is 6.07 Å². The van der Waals surface area contributed by atoms with Gasteiger partial charge in [-0.05, 0) is 30.3 Å². The molecular weight excluding hydrogens is 274 g/mol. The van der Waals surface area contributed by atoms with Crippen molar-refractivity contribution >= 4 is 0 Å². The zero-order valence-electron chi connectivity index (χ0n) is 10.7. The lowest BCUT2D eigenvalue weighted by atomic mass is 10.2. The number of hydrogen-bond acceptors (Lipinski definition) is 2. The molecule has 2 aromatic rings. The molecule has 1 aromatic carbocycles. The molecule has 0 unspecified atom stereocenters. The highest BCUT2D eigenvalue weighted by Gasteiger charge is 2.32. The van der Waals surface area contributed by atoms with Crippen LogP contribution in [0.5, 0.6) is 0 Å². The molecule has 1 aromatic heterocycles. The van der Waals surface area contributed by atoms with Gasteiger partial charge in [0, 0.05) is 12.7 Å². The summed E-state index contributed by atoms with van der Waals surface area (Å²) >= 11 is 0. The summed E-state index contributed by atoms with van der Waals surface area (Å²) in [6.07, 6.45) is -2.90. The van der Waals surface area contributed by atoms with Crippen LogP contribution in [-0.4, -0.2) is 16.3 Å². The number of halogens is 4. The van der Waals surface area contributed by atoms with Crippen molar-refractivity contribution in [2.24, 2.45) is 0 Å². The van der Waals surface area contributed by atoms with E-state index < -0.39 is 17.6 Å². The van der Waals surface area contributed by atoms with Crippen LogP contribution in [0.3, 0.4) is 0 Å². The number of rotatable bonds is 4. The van der Waals surface area contributed by atoms with E-state index in [0.717, 1.165) is 23.1 Å². The fourth-order valence-electron chi connectivity index (χ4n) is 1.75. The topological polar surface area (TPSA) is 29.9 Å². The van der Waals surface area contributed by atoms with Crippen LogP contribution in [0.1, 0.15) is 18.1 Å². The summed E-state index contributed by atoms with van der Waals surface area (Å²) in [6, 6.07) is 4.07. The molecule has 0 aliphatic rings. The average molecular weight is 287 g/mol. The first kappa shape index (κ1) is 14.5. The molecule has 0 saturated heterocycles. The summed E-state index contributed by atoms with van der Waals surface area (Å²) in [5.74, 6) is -0.514. The Morgan fingerprint density at radius 1 is 1.25 bits per heavy atom. The first-order chi connectivity index (χ1) is 9.40. The number of aromatic nitrogens is 2. The SMILES string of the molecule is CCNCc1cc(F)cc(-n2cc(C(F)(F)F)cn2)c1. The van der Waals surface area contributed by atoms with Crippen LogP contribution < -0.4 is 5.32 Å². The van der Waals surface area contributed by atoms with E-state index in [-0.39, 0.29) is 5.69 Å². The molecule has 1 heterocycles. The highest BCUT2D eigenvalue weighted by molar-refractivity contribution is 5.36. The molecule has 0 radical (unpaired) electrons. The van der Waals surface area contributed by atoms with Crippen LogP contribution in [0.4, 0.5) is 17.6 Å². The van der Waals surface area contributed by atoms with E-state index in [4.69, 9.17) is 0 Å². The summed E-state index contributed by atoms with van der Waals surface area (Å²) in [4.78, 5) is 0. The Morgan fingerprint density at radius 3 is 2.60 bits per heavy atom. The number of hydrogen-bond donors (Lipinski definition) is 1. The summed E-state index contributed by atoms with van der Waals surface area (Å²) < 4.78 is 52.0. The summed E-state index contributed by atoms with van der Waals surface area (Å²) in [6.45, 7) is 3.06. The van der Waals surface area contributed by atoms with Gasteiger partial charge in [-0.15, -0.1) is 0 Å². The molecule has 0 fully saturated rings. The molecule has 20 heavy (non-hydrogen) atoms. The third-order valence-electron chi connectivity index (χ3n) is 2.70. The van der Waals surface area contributed by atoms with Crippen molar-refractivity contribution < 1.29 is 17.6 Å². The van der Waals surface area contributed by atoms with Crippen LogP contribution in [0.25, 0.3) is 5.69 Å². The Morgan fingerprint density at radius 2 is 2.00 bits per heavy atom. The van der Waals surface area contributed by atoms with Gasteiger partial charge in [-0.25, -0.2) is 9.07 Å². The molecule has 0 amide bonds. The molecule has 7 heteroatoms. The minimum Gasteiger partial charge on any atom is -0.313 e. The summed E-state index contributed by atoms with van der Waals surface area (Å²) in [7, 11) is 0. The molecule has 0 atom stereocenters. The average Bonchev–Trinajstić information content (AvgIpc) is 2.85. The Balaban J connectivity index is 2.32. The van der Waals surface area contributed by atoms with Crippen molar-refractivity contribution in [1.29, 1.82) is 0 Å². The molecule has 0 bridgehead atoms. The second-order valence-electron chi connectivity index (χ2n) is 4.27. The number of nitrogens with zero attached hydrogens (tertiary/aromatic N) is 2. The highest BCUT2D eigenvalue weighted by Crippen LogP contribution is 2.29. The second kappa shape index (κ2) is 5.62. The van der Waals surface area contributed by atoms with Gasteiger partial charge in [0.2, 0.25) is 0 Å². The Hall–Kier alpha value is -1.89. The number of nitrogens with one attached hydrogen (secondary N) is 1. The van der Waals surface area contributed by atoms with E-state index in [9.17, 15) is 17.6 Å². The molecule has 0 saturated carbocycles. The van der Waals surface area contributed by atoms with Crippen LogP contribution in [0, 0.1) is 5.82 Å². The fourth-order valence-corrected chi connectivity index (χ4v) is 1.75. The molecule has 0 spiro atoms. The van der Waals surface area contributed by atoms with E-state index in [1.165, 1.54) is 6.07 Å². The summed E-state index contributed by atoms with van der Waals surface area (Å²) in [5, 5.41) is 6.65. The first-order valence-corrected chi connectivity index (χ1v) is 6.02. The third kappa shape index (κ3) is 3.36. The Bertz CT molecular complexity index is 590. The zero-order chi connectivity index (χ0) is 14.8. The van der Waals surface area contributed by atoms with Gasteiger partial charge in [0.1, 0.15) is 5.82 Å². The van der Waals surface area contributed by atoms with E-state index >= 15 is 0 Å². The monoisotopic (exact) mass is 287 g/mol. The van der Waals surface area contributed by atoms with Gasteiger partial charge < -0.3 is 5.32 Å². The van der Waals surface area contributed by atoms with Gasteiger partial charge >= 0.3 is 6.18 Å². The van der Waals surface area contributed by atoms with Gasteiger partial charge in [0.15, 0.2) is 0 Å². The molecule has 0 aliphatic carbocycles. The van der Waals surface area contributed by atoms with Crippen molar-refractivity contribution in [2.75, 3.05) is 6.54 Å². The van der Waals surface area contributed by atoms with Crippen molar-refractivity contribution in [3.05, 3.63) is 47.5 Å². The molecule has 108 valence electrons. The second-order valence-corrected chi connectivity index (χ2v) is 4.27. The van der Waals surface area contributed by atoms with Crippen LogP contribution in [0.15, 0.2) is 30.6 Å². The van der Waals surface area contributed by atoms with Crippen LogP contribution >= 0.6 is 0 Å². The Kier molecular flexibility index (Phi) is 4.08.